The molecule has 1 amide bonds. The summed E-state index contributed by atoms with van der Waals surface area (Å²) < 4.78 is 0. The van der Waals surface area contributed by atoms with Crippen molar-refractivity contribution in [1.29, 1.82) is 0 Å². The lowest BCUT2D eigenvalue weighted by atomic mass is 10.0. The van der Waals surface area contributed by atoms with Crippen molar-refractivity contribution >= 4 is 11.6 Å². The fourth-order valence-electron chi connectivity index (χ4n) is 2.40. The predicted octanol–water partition coefficient (Wildman–Crippen LogP) is 2.16. The van der Waals surface area contributed by atoms with E-state index in [1.54, 1.807) is 6.20 Å². The average Bonchev–Trinajstić information content (AvgIpc) is 2.68. The number of nitrogens with one attached hydrogen (secondary N) is 1. The minimum Gasteiger partial charge on any atom is -0.387 e. The molecule has 0 aromatic carbocycles. The average molecular weight is 247 g/mol. The highest BCUT2D eigenvalue weighted by atomic mass is 16.2. The highest BCUT2D eigenvalue weighted by Gasteiger charge is 2.30. The summed E-state index contributed by atoms with van der Waals surface area (Å²) in [6.45, 7) is 8.01. The van der Waals surface area contributed by atoms with Crippen molar-refractivity contribution in [2.45, 2.75) is 20.8 Å². The summed E-state index contributed by atoms with van der Waals surface area (Å²) >= 11 is 0. The fraction of sp³-hybridized carbons (Fsp3) is 0.571. The Morgan fingerprint density at radius 2 is 2.00 bits per heavy atom. The molecule has 1 N–H and O–H groups in total. The van der Waals surface area contributed by atoms with Crippen LogP contribution in [-0.2, 0) is 0 Å². The molecule has 1 aliphatic heterocycles. The Bertz CT molecular complexity index is 448. The van der Waals surface area contributed by atoms with Gasteiger partial charge in [0, 0.05) is 32.0 Å². The van der Waals surface area contributed by atoms with E-state index in [9.17, 15) is 4.79 Å². The number of carbonyl (C=O) groups is 1. The van der Waals surface area contributed by atoms with Gasteiger partial charge in [-0.05, 0) is 24.8 Å². The molecule has 4 nitrogen and oxygen atoms in total. The van der Waals surface area contributed by atoms with E-state index < -0.39 is 0 Å². The van der Waals surface area contributed by atoms with Crippen LogP contribution in [0.25, 0.3) is 0 Å². The maximum absolute atomic E-state index is 12.5. The van der Waals surface area contributed by atoms with Crippen molar-refractivity contribution < 1.29 is 4.79 Å². The van der Waals surface area contributed by atoms with Gasteiger partial charge in [0.05, 0.1) is 11.3 Å². The molecule has 2 atom stereocenters. The minimum absolute atomic E-state index is 0.0862. The number of hydrogen-bond acceptors (Lipinski definition) is 3. The van der Waals surface area contributed by atoms with Gasteiger partial charge < -0.3 is 10.2 Å². The summed E-state index contributed by atoms with van der Waals surface area (Å²) in [5, 5.41) is 3.08. The van der Waals surface area contributed by atoms with Gasteiger partial charge in [0.15, 0.2) is 0 Å². The van der Waals surface area contributed by atoms with Crippen LogP contribution in [0.15, 0.2) is 12.3 Å². The number of aryl methyl sites for hydroxylation is 1. The topological polar surface area (TPSA) is 45.2 Å². The zero-order chi connectivity index (χ0) is 13.3. The number of rotatable bonds is 2. The Kier molecular flexibility index (Phi) is 3.55. The van der Waals surface area contributed by atoms with Gasteiger partial charge in [-0.3, -0.25) is 9.78 Å². The standard InChI is InChI=1S/C14H21N3O/c1-9-7-17(8-10(9)2)14(18)12-6-16-11(3)5-13(12)15-4/h5-6,9-10H,7-8H2,1-4H3,(H,15,16). The summed E-state index contributed by atoms with van der Waals surface area (Å²) in [5.74, 6) is 1.24. The molecule has 1 aliphatic rings. The molecule has 1 saturated heterocycles. The van der Waals surface area contributed by atoms with Crippen LogP contribution in [0.4, 0.5) is 5.69 Å². The molecule has 2 rings (SSSR count). The molecule has 2 heterocycles. The highest BCUT2D eigenvalue weighted by molar-refractivity contribution is 5.99. The highest BCUT2D eigenvalue weighted by Crippen LogP contribution is 2.25. The van der Waals surface area contributed by atoms with E-state index in [1.165, 1.54) is 0 Å². The minimum atomic E-state index is 0.0862. The van der Waals surface area contributed by atoms with Crippen molar-refractivity contribution in [2.24, 2.45) is 11.8 Å². The second-order valence-electron chi connectivity index (χ2n) is 5.29. The molecule has 1 aromatic heterocycles. The summed E-state index contributed by atoms with van der Waals surface area (Å²) in [6, 6.07) is 1.91. The summed E-state index contributed by atoms with van der Waals surface area (Å²) in [4.78, 5) is 18.6. The molecule has 0 spiro atoms. The van der Waals surface area contributed by atoms with Crippen LogP contribution in [0.2, 0.25) is 0 Å². The van der Waals surface area contributed by atoms with E-state index in [0.29, 0.717) is 17.4 Å². The summed E-state index contributed by atoms with van der Waals surface area (Å²) in [7, 11) is 1.83. The van der Waals surface area contributed by atoms with E-state index in [-0.39, 0.29) is 5.91 Å². The first-order valence-electron chi connectivity index (χ1n) is 6.46. The van der Waals surface area contributed by atoms with E-state index in [4.69, 9.17) is 0 Å². The SMILES string of the molecule is CNc1cc(C)ncc1C(=O)N1CC(C)C(C)C1. The normalized spacial score (nSPS) is 23.2. The largest absolute Gasteiger partial charge is 0.387 e. The third-order valence-corrected chi connectivity index (χ3v) is 3.82. The molecule has 0 aliphatic carbocycles. The zero-order valence-corrected chi connectivity index (χ0v) is 11.5. The van der Waals surface area contributed by atoms with E-state index in [2.05, 4.69) is 24.1 Å². The van der Waals surface area contributed by atoms with Gasteiger partial charge in [-0.25, -0.2) is 0 Å². The fourth-order valence-corrected chi connectivity index (χ4v) is 2.40. The first-order valence-corrected chi connectivity index (χ1v) is 6.46. The van der Waals surface area contributed by atoms with E-state index in [0.717, 1.165) is 24.5 Å². The molecule has 0 saturated carbocycles. The molecule has 4 heteroatoms. The zero-order valence-electron chi connectivity index (χ0n) is 11.5. The van der Waals surface area contributed by atoms with Gasteiger partial charge in [0.2, 0.25) is 0 Å². The number of carbonyl (C=O) groups excluding carboxylic acids is 1. The van der Waals surface area contributed by atoms with Crippen LogP contribution in [0.5, 0.6) is 0 Å². The smallest absolute Gasteiger partial charge is 0.257 e. The second-order valence-corrected chi connectivity index (χ2v) is 5.29. The predicted molar refractivity (Wildman–Crippen MR) is 72.8 cm³/mol. The quantitative estimate of drug-likeness (QED) is 0.871. The van der Waals surface area contributed by atoms with Crippen molar-refractivity contribution in [3.63, 3.8) is 0 Å². The maximum Gasteiger partial charge on any atom is 0.257 e. The Morgan fingerprint density at radius 3 is 2.56 bits per heavy atom. The lowest BCUT2D eigenvalue weighted by Gasteiger charge is -2.18. The molecular formula is C14H21N3O. The third kappa shape index (κ3) is 2.33. The number of aromatic nitrogens is 1. The molecule has 2 unspecified atom stereocenters. The lowest BCUT2D eigenvalue weighted by molar-refractivity contribution is 0.0785. The Balaban J connectivity index is 2.24. The van der Waals surface area contributed by atoms with Gasteiger partial charge in [-0.2, -0.15) is 0 Å². The lowest BCUT2D eigenvalue weighted by Crippen LogP contribution is -2.29. The van der Waals surface area contributed by atoms with E-state index >= 15 is 0 Å². The van der Waals surface area contributed by atoms with Gasteiger partial charge in [0.1, 0.15) is 0 Å². The number of amides is 1. The molecule has 1 fully saturated rings. The Morgan fingerprint density at radius 1 is 1.39 bits per heavy atom. The van der Waals surface area contributed by atoms with Crippen LogP contribution >= 0.6 is 0 Å². The summed E-state index contributed by atoms with van der Waals surface area (Å²) in [6.07, 6.45) is 1.68. The van der Waals surface area contributed by atoms with Crippen molar-refractivity contribution in [3.8, 4) is 0 Å². The molecule has 0 bridgehead atoms. The van der Waals surface area contributed by atoms with Gasteiger partial charge in [0.25, 0.3) is 5.91 Å². The van der Waals surface area contributed by atoms with Gasteiger partial charge >= 0.3 is 0 Å². The molecule has 1 aromatic rings. The molecule has 0 radical (unpaired) electrons. The van der Waals surface area contributed by atoms with Crippen LogP contribution in [0, 0.1) is 18.8 Å². The van der Waals surface area contributed by atoms with Crippen molar-refractivity contribution in [3.05, 3.63) is 23.5 Å². The number of nitrogens with zero attached hydrogens (tertiary/aromatic N) is 2. The first kappa shape index (κ1) is 12.9. The molecule has 18 heavy (non-hydrogen) atoms. The molecular weight excluding hydrogens is 226 g/mol. The van der Waals surface area contributed by atoms with Crippen molar-refractivity contribution in [1.82, 2.24) is 9.88 Å². The monoisotopic (exact) mass is 247 g/mol. The second kappa shape index (κ2) is 4.96. The number of anilines is 1. The number of likely N-dealkylation sites (tertiary alicyclic amines) is 1. The summed E-state index contributed by atoms with van der Waals surface area (Å²) in [5.41, 5.74) is 2.45. The van der Waals surface area contributed by atoms with Crippen LogP contribution in [0.3, 0.4) is 0 Å². The van der Waals surface area contributed by atoms with Crippen molar-refractivity contribution in [2.75, 3.05) is 25.5 Å². The Labute approximate surface area is 108 Å². The van der Waals surface area contributed by atoms with Crippen LogP contribution in [-0.4, -0.2) is 35.9 Å². The van der Waals surface area contributed by atoms with Crippen LogP contribution < -0.4 is 5.32 Å². The third-order valence-electron chi connectivity index (χ3n) is 3.82. The number of pyridine rings is 1. The maximum atomic E-state index is 12.5. The number of hydrogen-bond donors (Lipinski definition) is 1. The molecule has 98 valence electrons. The van der Waals surface area contributed by atoms with Gasteiger partial charge in [-0.1, -0.05) is 13.8 Å². The van der Waals surface area contributed by atoms with Crippen LogP contribution in [0.1, 0.15) is 29.9 Å². The van der Waals surface area contributed by atoms with E-state index in [1.807, 2.05) is 24.9 Å². The van der Waals surface area contributed by atoms with Gasteiger partial charge in [-0.15, -0.1) is 0 Å². The first-order chi connectivity index (χ1) is 8.52. The Hall–Kier alpha value is -1.58.